The Morgan fingerprint density at radius 2 is 1.74 bits per heavy atom. The SMILES string of the molecule is Cc1ccc(C)c(C(=O)C(C)OCCOC(C)C)c1. The summed E-state index contributed by atoms with van der Waals surface area (Å²) in [7, 11) is 0. The van der Waals surface area contributed by atoms with E-state index in [-0.39, 0.29) is 11.9 Å². The molecule has 1 atom stereocenters. The van der Waals surface area contributed by atoms with Crippen LogP contribution in [0.2, 0.25) is 0 Å². The highest BCUT2D eigenvalue weighted by atomic mass is 16.5. The van der Waals surface area contributed by atoms with Crippen molar-refractivity contribution in [1.82, 2.24) is 0 Å². The first-order chi connectivity index (χ1) is 8.91. The number of carbonyl (C=O) groups is 1. The molecule has 0 radical (unpaired) electrons. The van der Waals surface area contributed by atoms with Crippen molar-refractivity contribution in [3.05, 3.63) is 34.9 Å². The van der Waals surface area contributed by atoms with Crippen LogP contribution in [0.1, 0.15) is 42.3 Å². The molecule has 19 heavy (non-hydrogen) atoms. The van der Waals surface area contributed by atoms with Gasteiger partial charge in [0.25, 0.3) is 0 Å². The summed E-state index contributed by atoms with van der Waals surface area (Å²) in [6.07, 6.45) is -0.245. The molecule has 1 aromatic carbocycles. The van der Waals surface area contributed by atoms with Gasteiger partial charge in [-0.3, -0.25) is 4.79 Å². The van der Waals surface area contributed by atoms with Gasteiger partial charge in [-0.25, -0.2) is 0 Å². The Morgan fingerprint density at radius 3 is 2.37 bits per heavy atom. The lowest BCUT2D eigenvalue weighted by Gasteiger charge is -2.15. The topological polar surface area (TPSA) is 35.5 Å². The van der Waals surface area contributed by atoms with Crippen molar-refractivity contribution in [2.75, 3.05) is 13.2 Å². The van der Waals surface area contributed by atoms with Crippen molar-refractivity contribution in [2.24, 2.45) is 0 Å². The number of ether oxygens (including phenoxy) is 2. The normalized spacial score (nSPS) is 12.7. The molecule has 3 nitrogen and oxygen atoms in total. The Labute approximate surface area is 115 Å². The summed E-state index contributed by atoms with van der Waals surface area (Å²) in [5.74, 6) is 0.0331. The molecule has 0 aliphatic carbocycles. The molecular formula is C16H24O3. The molecule has 0 bridgehead atoms. The van der Waals surface area contributed by atoms with Gasteiger partial charge in [-0.15, -0.1) is 0 Å². The van der Waals surface area contributed by atoms with E-state index >= 15 is 0 Å². The van der Waals surface area contributed by atoms with Gasteiger partial charge < -0.3 is 9.47 Å². The molecule has 0 aliphatic heterocycles. The van der Waals surface area contributed by atoms with Gasteiger partial charge >= 0.3 is 0 Å². The summed E-state index contributed by atoms with van der Waals surface area (Å²) < 4.78 is 10.9. The quantitative estimate of drug-likeness (QED) is 0.560. The van der Waals surface area contributed by atoms with Gasteiger partial charge in [0.15, 0.2) is 5.78 Å². The van der Waals surface area contributed by atoms with Gasteiger partial charge in [0.2, 0.25) is 0 Å². The van der Waals surface area contributed by atoms with Crippen LogP contribution in [0.3, 0.4) is 0 Å². The third-order valence-electron chi connectivity index (χ3n) is 2.93. The predicted octanol–water partition coefficient (Wildman–Crippen LogP) is 3.32. The van der Waals surface area contributed by atoms with E-state index in [0.29, 0.717) is 13.2 Å². The fourth-order valence-corrected chi connectivity index (χ4v) is 1.80. The lowest BCUT2D eigenvalue weighted by atomic mass is 9.99. The van der Waals surface area contributed by atoms with Crippen LogP contribution in [0, 0.1) is 13.8 Å². The fraction of sp³-hybridized carbons (Fsp3) is 0.562. The zero-order valence-corrected chi connectivity index (χ0v) is 12.5. The molecular weight excluding hydrogens is 240 g/mol. The molecule has 0 saturated carbocycles. The average Bonchev–Trinajstić information content (AvgIpc) is 2.36. The molecule has 0 aromatic heterocycles. The largest absolute Gasteiger partial charge is 0.376 e. The Balaban J connectivity index is 2.54. The molecule has 3 heteroatoms. The minimum absolute atomic E-state index is 0.0331. The van der Waals surface area contributed by atoms with Crippen molar-refractivity contribution in [3.63, 3.8) is 0 Å². The van der Waals surface area contributed by atoms with E-state index in [1.165, 1.54) is 0 Å². The van der Waals surface area contributed by atoms with Crippen LogP contribution in [-0.2, 0) is 9.47 Å². The lowest BCUT2D eigenvalue weighted by molar-refractivity contribution is -0.00178. The summed E-state index contributed by atoms with van der Waals surface area (Å²) in [4.78, 5) is 12.3. The van der Waals surface area contributed by atoms with Crippen LogP contribution in [0.25, 0.3) is 0 Å². The maximum atomic E-state index is 12.3. The van der Waals surface area contributed by atoms with Gasteiger partial charge in [0.1, 0.15) is 6.10 Å². The Morgan fingerprint density at radius 1 is 1.11 bits per heavy atom. The van der Waals surface area contributed by atoms with Crippen LogP contribution >= 0.6 is 0 Å². The summed E-state index contributed by atoms with van der Waals surface area (Å²) >= 11 is 0. The van der Waals surface area contributed by atoms with Gasteiger partial charge in [0.05, 0.1) is 19.3 Å². The molecule has 0 fully saturated rings. The van der Waals surface area contributed by atoms with Crippen LogP contribution in [0.5, 0.6) is 0 Å². The summed E-state index contributed by atoms with van der Waals surface area (Å²) in [6.45, 7) is 10.6. The predicted molar refractivity (Wildman–Crippen MR) is 76.7 cm³/mol. The highest BCUT2D eigenvalue weighted by Crippen LogP contribution is 2.14. The smallest absolute Gasteiger partial charge is 0.191 e. The second-order valence-electron chi connectivity index (χ2n) is 5.12. The highest BCUT2D eigenvalue weighted by Gasteiger charge is 2.17. The number of benzene rings is 1. The fourth-order valence-electron chi connectivity index (χ4n) is 1.80. The third kappa shape index (κ3) is 5.13. The van der Waals surface area contributed by atoms with Crippen LogP contribution in [0.4, 0.5) is 0 Å². The number of carbonyl (C=O) groups excluding carboxylic acids is 1. The molecule has 0 heterocycles. The van der Waals surface area contributed by atoms with Crippen molar-refractivity contribution >= 4 is 5.78 Å². The second-order valence-corrected chi connectivity index (χ2v) is 5.12. The molecule has 1 aromatic rings. The molecule has 0 N–H and O–H groups in total. The van der Waals surface area contributed by atoms with Gasteiger partial charge in [-0.05, 0) is 46.2 Å². The number of ketones is 1. The van der Waals surface area contributed by atoms with Gasteiger partial charge in [-0.2, -0.15) is 0 Å². The van der Waals surface area contributed by atoms with E-state index in [4.69, 9.17) is 9.47 Å². The Kier molecular flexibility index (Phi) is 6.19. The molecule has 0 aliphatic rings. The zero-order chi connectivity index (χ0) is 14.4. The number of hydrogen-bond acceptors (Lipinski definition) is 3. The first kappa shape index (κ1) is 15.9. The molecule has 0 spiro atoms. The molecule has 0 saturated heterocycles. The molecule has 1 rings (SSSR count). The monoisotopic (exact) mass is 264 g/mol. The maximum absolute atomic E-state index is 12.3. The lowest BCUT2D eigenvalue weighted by Crippen LogP contribution is -2.24. The molecule has 106 valence electrons. The third-order valence-corrected chi connectivity index (χ3v) is 2.93. The van der Waals surface area contributed by atoms with Crippen molar-refractivity contribution in [1.29, 1.82) is 0 Å². The molecule has 0 amide bonds. The summed E-state index contributed by atoms with van der Waals surface area (Å²) in [6, 6.07) is 5.90. The zero-order valence-electron chi connectivity index (χ0n) is 12.5. The van der Waals surface area contributed by atoms with Crippen LogP contribution < -0.4 is 0 Å². The highest BCUT2D eigenvalue weighted by molar-refractivity contribution is 6.00. The number of hydrogen-bond donors (Lipinski definition) is 0. The average molecular weight is 264 g/mol. The first-order valence-electron chi connectivity index (χ1n) is 6.76. The standard InChI is InChI=1S/C16H24O3/c1-11(2)18-8-9-19-14(5)16(17)15-10-12(3)6-7-13(15)4/h6-7,10-11,14H,8-9H2,1-5H3. The Bertz CT molecular complexity index is 424. The maximum Gasteiger partial charge on any atom is 0.191 e. The van der Waals surface area contributed by atoms with Crippen molar-refractivity contribution in [2.45, 2.75) is 46.8 Å². The molecule has 1 unspecified atom stereocenters. The Hall–Kier alpha value is -1.19. The minimum atomic E-state index is -0.434. The summed E-state index contributed by atoms with van der Waals surface area (Å²) in [5.41, 5.74) is 2.83. The second kappa shape index (κ2) is 7.41. The number of aryl methyl sites for hydroxylation is 2. The van der Waals surface area contributed by atoms with Crippen LogP contribution in [-0.4, -0.2) is 31.2 Å². The van der Waals surface area contributed by atoms with E-state index in [2.05, 4.69) is 0 Å². The summed E-state index contributed by atoms with van der Waals surface area (Å²) in [5, 5.41) is 0. The van der Waals surface area contributed by atoms with Gasteiger partial charge in [-0.1, -0.05) is 17.7 Å². The van der Waals surface area contributed by atoms with E-state index in [9.17, 15) is 4.79 Å². The van der Waals surface area contributed by atoms with Crippen molar-refractivity contribution in [3.8, 4) is 0 Å². The van der Waals surface area contributed by atoms with E-state index in [1.807, 2.05) is 45.9 Å². The van der Waals surface area contributed by atoms with Crippen molar-refractivity contribution < 1.29 is 14.3 Å². The van der Waals surface area contributed by atoms with E-state index < -0.39 is 6.10 Å². The van der Waals surface area contributed by atoms with E-state index in [0.717, 1.165) is 16.7 Å². The first-order valence-corrected chi connectivity index (χ1v) is 6.76. The number of Topliss-reactive ketones (excluding diaryl/α,β-unsaturated/α-hetero) is 1. The van der Waals surface area contributed by atoms with E-state index in [1.54, 1.807) is 6.92 Å². The minimum Gasteiger partial charge on any atom is -0.376 e. The number of rotatable bonds is 7. The van der Waals surface area contributed by atoms with Crippen LogP contribution in [0.15, 0.2) is 18.2 Å². The van der Waals surface area contributed by atoms with Gasteiger partial charge in [0, 0.05) is 5.56 Å².